The Balaban J connectivity index is 0.00000243. The summed E-state index contributed by atoms with van der Waals surface area (Å²) < 4.78 is 20.8. The quantitative estimate of drug-likeness (QED) is 0.381. The molecule has 1 aromatic heterocycles. The van der Waals surface area contributed by atoms with Crippen LogP contribution in [0, 0.1) is 5.82 Å². The van der Waals surface area contributed by atoms with E-state index in [1.807, 2.05) is 6.92 Å². The van der Waals surface area contributed by atoms with E-state index in [1.54, 1.807) is 19.2 Å². The molecule has 1 unspecified atom stereocenters. The van der Waals surface area contributed by atoms with Crippen molar-refractivity contribution in [1.82, 2.24) is 25.4 Å². The molecule has 0 fully saturated rings. The Labute approximate surface area is 169 Å². The molecule has 0 aliphatic carbocycles. The number of ether oxygens (including phenoxy) is 1. The van der Waals surface area contributed by atoms with Crippen molar-refractivity contribution < 1.29 is 9.13 Å². The van der Waals surface area contributed by atoms with E-state index >= 15 is 0 Å². The minimum absolute atomic E-state index is 0. The highest BCUT2D eigenvalue weighted by molar-refractivity contribution is 14.0. The van der Waals surface area contributed by atoms with Crippen LogP contribution in [0.4, 0.5) is 4.39 Å². The third-order valence-electron chi connectivity index (χ3n) is 4.03. The number of aliphatic imine (C=N–C) groups is 1. The van der Waals surface area contributed by atoms with Gasteiger partial charge in [0.25, 0.3) is 0 Å². The van der Waals surface area contributed by atoms with Gasteiger partial charge in [0.2, 0.25) is 0 Å². The fourth-order valence-electron chi connectivity index (χ4n) is 2.75. The lowest BCUT2D eigenvalue weighted by atomic mass is 10.3. The molecule has 0 bridgehead atoms. The van der Waals surface area contributed by atoms with E-state index in [0.29, 0.717) is 24.8 Å². The van der Waals surface area contributed by atoms with Gasteiger partial charge in [-0.25, -0.2) is 4.39 Å². The van der Waals surface area contributed by atoms with Crippen LogP contribution in [0.5, 0.6) is 5.75 Å². The third-order valence-corrected chi connectivity index (χ3v) is 4.03. The van der Waals surface area contributed by atoms with Crippen LogP contribution in [-0.4, -0.2) is 40.4 Å². The molecule has 9 heteroatoms. The maximum Gasteiger partial charge on any atom is 0.191 e. The molecule has 1 aliphatic heterocycles. The summed E-state index contributed by atoms with van der Waals surface area (Å²) in [5.74, 6) is 3.01. The van der Waals surface area contributed by atoms with Crippen molar-refractivity contribution in [3.63, 3.8) is 0 Å². The highest BCUT2D eigenvalue weighted by atomic mass is 127. The molecule has 0 saturated carbocycles. The summed E-state index contributed by atoms with van der Waals surface area (Å²) in [6.07, 6.45) is 2.03. The van der Waals surface area contributed by atoms with Crippen LogP contribution in [0.3, 0.4) is 0 Å². The molecule has 2 N–H and O–H groups in total. The summed E-state index contributed by atoms with van der Waals surface area (Å²) in [6, 6.07) is 6.00. The summed E-state index contributed by atoms with van der Waals surface area (Å²) in [5, 5.41) is 14.9. The Morgan fingerprint density at radius 2 is 2.08 bits per heavy atom. The molecule has 0 amide bonds. The van der Waals surface area contributed by atoms with Gasteiger partial charge < -0.3 is 19.9 Å². The minimum atomic E-state index is -0.275. The van der Waals surface area contributed by atoms with E-state index < -0.39 is 0 Å². The molecule has 2 heterocycles. The van der Waals surface area contributed by atoms with Crippen molar-refractivity contribution in [2.45, 2.75) is 39.0 Å². The normalized spacial score (nSPS) is 14.3. The first-order chi connectivity index (χ1) is 12.2. The zero-order valence-electron chi connectivity index (χ0n) is 14.9. The SMILES string of the molecule is CN=C(NCc1nnc2n1CCC2)NCC(C)Oc1ccc(F)cc1.I. The van der Waals surface area contributed by atoms with Gasteiger partial charge in [-0.05, 0) is 37.6 Å². The second-order valence-corrected chi connectivity index (χ2v) is 5.98. The molecule has 1 aromatic carbocycles. The zero-order valence-corrected chi connectivity index (χ0v) is 17.2. The number of rotatable bonds is 6. The largest absolute Gasteiger partial charge is 0.489 e. The van der Waals surface area contributed by atoms with E-state index in [4.69, 9.17) is 4.74 Å². The van der Waals surface area contributed by atoms with E-state index in [-0.39, 0.29) is 35.9 Å². The Morgan fingerprint density at radius 3 is 2.81 bits per heavy atom. The number of benzene rings is 1. The second-order valence-electron chi connectivity index (χ2n) is 5.98. The lowest BCUT2D eigenvalue weighted by molar-refractivity contribution is 0.223. The maximum atomic E-state index is 12.9. The number of nitrogens with one attached hydrogen (secondary N) is 2. The summed E-state index contributed by atoms with van der Waals surface area (Å²) in [4.78, 5) is 4.20. The average Bonchev–Trinajstić information content (AvgIpc) is 3.21. The highest BCUT2D eigenvalue weighted by Crippen LogP contribution is 2.14. The molecular weight excluding hydrogens is 450 g/mol. The van der Waals surface area contributed by atoms with Crippen molar-refractivity contribution in [2.24, 2.45) is 4.99 Å². The van der Waals surface area contributed by atoms with Crippen LogP contribution in [-0.2, 0) is 19.5 Å². The molecule has 0 saturated heterocycles. The molecule has 142 valence electrons. The number of aromatic nitrogens is 3. The van der Waals surface area contributed by atoms with E-state index in [9.17, 15) is 4.39 Å². The molecule has 0 radical (unpaired) electrons. The molecule has 1 aliphatic rings. The van der Waals surface area contributed by atoms with E-state index in [1.165, 1.54) is 12.1 Å². The Bertz CT molecular complexity index is 733. The molecule has 0 spiro atoms. The fraction of sp³-hybridized carbons (Fsp3) is 0.471. The predicted molar refractivity (Wildman–Crippen MR) is 108 cm³/mol. The summed E-state index contributed by atoms with van der Waals surface area (Å²) in [5.41, 5.74) is 0. The van der Waals surface area contributed by atoms with Gasteiger partial charge in [0.05, 0.1) is 13.1 Å². The van der Waals surface area contributed by atoms with Crippen molar-refractivity contribution >= 4 is 29.9 Å². The second kappa shape index (κ2) is 9.70. The fourth-order valence-corrected chi connectivity index (χ4v) is 2.75. The van der Waals surface area contributed by atoms with Gasteiger partial charge in [-0.15, -0.1) is 34.2 Å². The van der Waals surface area contributed by atoms with Crippen molar-refractivity contribution in [1.29, 1.82) is 0 Å². The molecule has 2 aromatic rings. The zero-order chi connectivity index (χ0) is 17.6. The minimum Gasteiger partial charge on any atom is -0.489 e. The van der Waals surface area contributed by atoms with Crippen LogP contribution in [0.15, 0.2) is 29.3 Å². The van der Waals surface area contributed by atoms with Crippen LogP contribution in [0.1, 0.15) is 25.0 Å². The third kappa shape index (κ3) is 5.29. The summed E-state index contributed by atoms with van der Waals surface area (Å²) >= 11 is 0. The highest BCUT2D eigenvalue weighted by Gasteiger charge is 2.17. The van der Waals surface area contributed by atoms with Crippen molar-refractivity contribution in [3.05, 3.63) is 41.7 Å². The molecular formula is C17H24FIN6O. The van der Waals surface area contributed by atoms with Gasteiger partial charge >= 0.3 is 0 Å². The first kappa shape index (κ1) is 20.4. The molecule has 3 rings (SSSR count). The van der Waals surface area contributed by atoms with Gasteiger partial charge in [0, 0.05) is 20.0 Å². The van der Waals surface area contributed by atoms with Gasteiger partial charge in [0.15, 0.2) is 11.8 Å². The van der Waals surface area contributed by atoms with Crippen molar-refractivity contribution in [3.8, 4) is 5.75 Å². The number of hydrogen-bond acceptors (Lipinski definition) is 4. The van der Waals surface area contributed by atoms with Crippen LogP contribution in [0.25, 0.3) is 0 Å². The Morgan fingerprint density at radius 1 is 1.31 bits per heavy atom. The number of aryl methyl sites for hydroxylation is 1. The summed E-state index contributed by atoms with van der Waals surface area (Å²) in [6.45, 7) is 4.05. The topological polar surface area (TPSA) is 76.4 Å². The number of guanidine groups is 1. The van der Waals surface area contributed by atoms with Gasteiger partial charge in [-0.1, -0.05) is 0 Å². The van der Waals surface area contributed by atoms with Crippen molar-refractivity contribution in [2.75, 3.05) is 13.6 Å². The van der Waals surface area contributed by atoms with Crippen LogP contribution < -0.4 is 15.4 Å². The molecule has 26 heavy (non-hydrogen) atoms. The number of halogens is 2. The molecule has 1 atom stereocenters. The van der Waals surface area contributed by atoms with Crippen LogP contribution >= 0.6 is 24.0 Å². The Hall–Kier alpha value is -1.91. The predicted octanol–water partition coefficient (Wildman–Crippen LogP) is 2.11. The monoisotopic (exact) mass is 474 g/mol. The lowest BCUT2D eigenvalue weighted by Crippen LogP contribution is -2.41. The smallest absolute Gasteiger partial charge is 0.191 e. The number of nitrogens with zero attached hydrogens (tertiary/aromatic N) is 4. The van der Waals surface area contributed by atoms with E-state index in [0.717, 1.165) is 31.0 Å². The van der Waals surface area contributed by atoms with Gasteiger partial charge in [0.1, 0.15) is 23.5 Å². The first-order valence-corrected chi connectivity index (χ1v) is 8.43. The van der Waals surface area contributed by atoms with Gasteiger partial charge in [-0.3, -0.25) is 4.99 Å². The Kier molecular flexibility index (Phi) is 7.61. The standard InChI is InChI=1S/C17H23FN6O.HI/c1-12(25-14-7-5-13(18)6-8-14)10-20-17(19-2)21-11-16-23-22-15-4-3-9-24(15)16;/h5-8,12H,3-4,9-11H2,1-2H3,(H2,19,20,21);1H. The first-order valence-electron chi connectivity index (χ1n) is 8.43. The maximum absolute atomic E-state index is 12.9. The average molecular weight is 474 g/mol. The van der Waals surface area contributed by atoms with Crippen LogP contribution in [0.2, 0.25) is 0 Å². The summed E-state index contributed by atoms with van der Waals surface area (Å²) in [7, 11) is 1.72. The van der Waals surface area contributed by atoms with Gasteiger partial charge in [-0.2, -0.15) is 0 Å². The van der Waals surface area contributed by atoms with E-state index in [2.05, 4.69) is 30.4 Å². The number of fused-ring (bicyclic) bond motifs is 1. The lowest BCUT2D eigenvalue weighted by Gasteiger charge is -2.17. The number of hydrogen-bond donors (Lipinski definition) is 2. The molecule has 7 nitrogen and oxygen atoms in total.